The Labute approximate surface area is 190 Å². The van der Waals surface area contributed by atoms with Crippen molar-refractivity contribution in [3.63, 3.8) is 0 Å². The van der Waals surface area contributed by atoms with Gasteiger partial charge < -0.3 is 29.7 Å². The molecule has 2 aromatic rings. The number of carboxylic acid groups (broad SMARTS) is 1. The van der Waals surface area contributed by atoms with Crippen LogP contribution in [0.2, 0.25) is 0 Å². The summed E-state index contributed by atoms with van der Waals surface area (Å²) in [6.07, 6.45) is 0.692. The van der Waals surface area contributed by atoms with Gasteiger partial charge in [-0.1, -0.05) is 24.3 Å². The van der Waals surface area contributed by atoms with Crippen LogP contribution in [0.1, 0.15) is 17.5 Å². The van der Waals surface area contributed by atoms with Gasteiger partial charge in [0.05, 0.1) is 7.11 Å². The van der Waals surface area contributed by atoms with Crippen molar-refractivity contribution in [2.24, 2.45) is 0 Å². The van der Waals surface area contributed by atoms with Crippen molar-refractivity contribution in [2.75, 3.05) is 20.3 Å². The van der Waals surface area contributed by atoms with Crippen molar-refractivity contribution in [2.45, 2.75) is 25.3 Å². The van der Waals surface area contributed by atoms with Crippen LogP contribution in [-0.2, 0) is 36.8 Å². The standard InChI is InChI=1S/C23H25NO9/c1-31-23(30)19(12-16-4-7-17(8-5-16)32-14-21(27)28)24-20(26)11-6-15-2-9-18(10-3-15)33-22(29)13-25/h2-5,7-10,19,25H,6,11-14H2,1H3,(H,24,26)(H,27,28). The van der Waals surface area contributed by atoms with Crippen LogP contribution in [0.5, 0.6) is 11.5 Å². The topological polar surface area (TPSA) is 148 Å². The highest BCUT2D eigenvalue weighted by molar-refractivity contribution is 5.84. The van der Waals surface area contributed by atoms with Crippen LogP contribution in [0.15, 0.2) is 48.5 Å². The molecule has 0 aliphatic carbocycles. The van der Waals surface area contributed by atoms with Gasteiger partial charge in [-0.15, -0.1) is 0 Å². The molecule has 0 bridgehead atoms. The predicted molar refractivity (Wildman–Crippen MR) is 115 cm³/mol. The minimum Gasteiger partial charge on any atom is -0.482 e. The first kappa shape index (κ1) is 25.3. The van der Waals surface area contributed by atoms with Crippen LogP contribution in [0.3, 0.4) is 0 Å². The monoisotopic (exact) mass is 459 g/mol. The van der Waals surface area contributed by atoms with E-state index in [0.29, 0.717) is 12.2 Å². The lowest BCUT2D eigenvalue weighted by Crippen LogP contribution is -2.43. The van der Waals surface area contributed by atoms with E-state index in [2.05, 4.69) is 5.32 Å². The van der Waals surface area contributed by atoms with Gasteiger partial charge in [-0.3, -0.25) is 4.79 Å². The van der Waals surface area contributed by atoms with E-state index in [1.54, 1.807) is 48.5 Å². The smallest absolute Gasteiger partial charge is 0.341 e. The molecule has 0 fully saturated rings. The van der Waals surface area contributed by atoms with Gasteiger partial charge in [0, 0.05) is 12.8 Å². The molecule has 1 amide bonds. The van der Waals surface area contributed by atoms with Crippen molar-refractivity contribution in [3.05, 3.63) is 59.7 Å². The van der Waals surface area contributed by atoms with Gasteiger partial charge in [-0.05, 0) is 41.8 Å². The number of carboxylic acids is 1. The molecule has 0 aliphatic heterocycles. The Kier molecular flexibility index (Phi) is 9.84. The third-order valence-corrected chi connectivity index (χ3v) is 4.47. The number of aryl methyl sites for hydroxylation is 1. The summed E-state index contributed by atoms with van der Waals surface area (Å²) in [5, 5.41) is 20.0. The second-order valence-corrected chi connectivity index (χ2v) is 6.95. The Morgan fingerprint density at radius 1 is 0.939 bits per heavy atom. The molecule has 0 saturated heterocycles. The minimum atomic E-state index is -1.09. The highest BCUT2D eigenvalue weighted by atomic mass is 16.5. The molecule has 2 aromatic carbocycles. The molecule has 1 unspecified atom stereocenters. The maximum absolute atomic E-state index is 12.4. The summed E-state index contributed by atoms with van der Waals surface area (Å²) in [6.45, 7) is -1.18. The van der Waals surface area contributed by atoms with Gasteiger partial charge in [0.1, 0.15) is 24.1 Å². The Morgan fingerprint density at radius 3 is 2.12 bits per heavy atom. The minimum absolute atomic E-state index is 0.116. The second-order valence-electron chi connectivity index (χ2n) is 6.95. The summed E-state index contributed by atoms with van der Waals surface area (Å²) >= 11 is 0. The highest BCUT2D eigenvalue weighted by Gasteiger charge is 2.22. The number of nitrogens with one attached hydrogen (secondary N) is 1. The number of aliphatic hydroxyl groups is 1. The van der Waals surface area contributed by atoms with Gasteiger partial charge in [0.15, 0.2) is 6.61 Å². The van der Waals surface area contributed by atoms with E-state index in [0.717, 1.165) is 11.1 Å². The molecular weight excluding hydrogens is 434 g/mol. The molecule has 10 heteroatoms. The van der Waals surface area contributed by atoms with Crippen LogP contribution >= 0.6 is 0 Å². The van der Waals surface area contributed by atoms with Crippen molar-refractivity contribution >= 4 is 23.8 Å². The van der Waals surface area contributed by atoms with Crippen LogP contribution < -0.4 is 14.8 Å². The zero-order valence-corrected chi connectivity index (χ0v) is 18.0. The van der Waals surface area contributed by atoms with E-state index in [9.17, 15) is 19.2 Å². The summed E-state index contributed by atoms with van der Waals surface area (Å²) in [6, 6.07) is 12.1. The molecule has 33 heavy (non-hydrogen) atoms. The van der Waals surface area contributed by atoms with Crippen molar-refractivity contribution in [1.29, 1.82) is 0 Å². The number of carbonyl (C=O) groups excluding carboxylic acids is 3. The van der Waals surface area contributed by atoms with Gasteiger partial charge in [-0.25, -0.2) is 14.4 Å². The van der Waals surface area contributed by atoms with Crippen molar-refractivity contribution in [1.82, 2.24) is 5.32 Å². The molecule has 10 nitrogen and oxygen atoms in total. The first-order chi connectivity index (χ1) is 15.8. The molecule has 0 spiro atoms. The number of esters is 2. The number of methoxy groups -OCH3 is 1. The second kappa shape index (κ2) is 12.8. The van der Waals surface area contributed by atoms with E-state index in [4.69, 9.17) is 24.4 Å². The van der Waals surface area contributed by atoms with Crippen LogP contribution in [0, 0.1) is 0 Å². The first-order valence-corrected chi connectivity index (χ1v) is 10.0. The molecule has 0 saturated carbocycles. The normalized spacial score (nSPS) is 11.2. The van der Waals surface area contributed by atoms with Gasteiger partial charge in [0.25, 0.3) is 0 Å². The number of aliphatic carboxylic acids is 1. The van der Waals surface area contributed by atoms with Gasteiger partial charge >= 0.3 is 17.9 Å². The fraction of sp³-hybridized carbons (Fsp3) is 0.304. The molecule has 3 N–H and O–H groups in total. The van der Waals surface area contributed by atoms with Gasteiger partial charge in [0.2, 0.25) is 5.91 Å². The summed E-state index contributed by atoms with van der Waals surface area (Å²) in [7, 11) is 1.23. The maximum Gasteiger partial charge on any atom is 0.341 e. The Bertz CT molecular complexity index is 955. The lowest BCUT2D eigenvalue weighted by Gasteiger charge is -2.17. The lowest BCUT2D eigenvalue weighted by molar-refractivity contribution is -0.145. The van der Waals surface area contributed by atoms with E-state index < -0.39 is 37.2 Å². The molecular formula is C23H25NO9. The molecule has 0 heterocycles. The predicted octanol–water partition coefficient (Wildman–Crippen LogP) is 0.881. The molecule has 176 valence electrons. The van der Waals surface area contributed by atoms with Crippen molar-refractivity contribution in [3.8, 4) is 11.5 Å². The Morgan fingerprint density at radius 2 is 1.55 bits per heavy atom. The number of rotatable bonds is 12. The van der Waals surface area contributed by atoms with Gasteiger partial charge in [-0.2, -0.15) is 0 Å². The number of benzene rings is 2. The Balaban J connectivity index is 1.90. The van der Waals surface area contributed by atoms with Crippen LogP contribution in [0.4, 0.5) is 0 Å². The SMILES string of the molecule is COC(=O)C(Cc1ccc(OCC(=O)O)cc1)NC(=O)CCc1ccc(OC(=O)CO)cc1. The van der Waals surface area contributed by atoms with Crippen molar-refractivity contribution < 1.29 is 43.6 Å². The molecule has 0 radical (unpaired) electrons. The van der Waals surface area contributed by atoms with E-state index in [1.165, 1.54) is 7.11 Å². The summed E-state index contributed by atoms with van der Waals surface area (Å²) in [4.78, 5) is 46.2. The number of carbonyl (C=O) groups is 4. The highest BCUT2D eigenvalue weighted by Crippen LogP contribution is 2.15. The molecule has 1 atom stereocenters. The summed E-state index contributed by atoms with van der Waals surface area (Å²) < 4.78 is 14.7. The third-order valence-electron chi connectivity index (χ3n) is 4.47. The zero-order chi connectivity index (χ0) is 24.2. The quantitative estimate of drug-likeness (QED) is 0.311. The number of aliphatic hydroxyl groups excluding tert-OH is 1. The van der Waals surface area contributed by atoms with E-state index >= 15 is 0 Å². The van der Waals surface area contributed by atoms with Crippen LogP contribution in [-0.4, -0.2) is 60.4 Å². The lowest BCUT2D eigenvalue weighted by atomic mass is 10.0. The maximum atomic E-state index is 12.4. The zero-order valence-electron chi connectivity index (χ0n) is 18.0. The summed E-state index contributed by atoms with van der Waals surface area (Å²) in [5.41, 5.74) is 1.54. The third kappa shape index (κ3) is 8.99. The summed E-state index contributed by atoms with van der Waals surface area (Å²) in [5.74, 6) is -2.14. The average molecular weight is 459 g/mol. The van der Waals surface area contributed by atoms with E-state index in [-0.39, 0.29) is 24.5 Å². The van der Waals surface area contributed by atoms with Crippen LogP contribution in [0.25, 0.3) is 0 Å². The molecule has 0 aliphatic rings. The first-order valence-electron chi connectivity index (χ1n) is 10.0. The largest absolute Gasteiger partial charge is 0.482 e. The molecule has 2 rings (SSSR count). The number of hydrogen-bond donors (Lipinski definition) is 3. The average Bonchev–Trinajstić information content (AvgIpc) is 2.82. The number of ether oxygens (including phenoxy) is 3. The fourth-order valence-corrected chi connectivity index (χ4v) is 2.85. The Hall–Kier alpha value is -3.92. The number of amides is 1. The number of hydrogen-bond acceptors (Lipinski definition) is 8. The van der Waals surface area contributed by atoms with E-state index in [1.807, 2.05) is 0 Å². The fourth-order valence-electron chi connectivity index (χ4n) is 2.85. The molecule has 0 aromatic heterocycles.